The molecule has 0 aromatic rings. The van der Waals surface area contributed by atoms with Crippen LogP contribution in [0.1, 0.15) is 45.4 Å². The summed E-state index contributed by atoms with van der Waals surface area (Å²) in [6.45, 7) is 1.31. The molecule has 0 saturated heterocycles. The Morgan fingerprint density at radius 3 is 1.21 bits per heavy atom. The highest BCUT2D eigenvalue weighted by Crippen LogP contribution is 2.06. The first-order chi connectivity index (χ1) is 15.2. The first-order valence-electron chi connectivity index (χ1n) is 9.79. The van der Waals surface area contributed by atoms with Crippen molar-refractivity contribution in [2.45, 2.75) is 69.6 Å². The van der Waals surface area contributed by atoms with Crippen molar-refractivity contribution >= 4 is 41.6 Å². The third-order valence-electron chi connectivity index (χ3n) is 4.23. The number of hydrogen-bond acceptors (Lipinski definition) is 8. The van der Waals surface area contributed by atoms with Crippen LogP contribution in [0.15, 0.2) is 0 Å². The summed E-state index contributed by atoms with van der Waals surface area (Å²) in [5, 5.41) is 42.1. The number of carbonyl (C=O) groups is 7. The third-order valence-corrected chi connectivity index (χ3v) is 4.23. The first-order valence-corrected chi connectivity index (χ1v) is 9.79. The number of aliphatic carboxylic acids is 4. The molecule has 0 aliphatic heterocycles. The third kappa shape index (κ3) is 12.6. The van der Waals surface area contributed by atoms with Crippen LogP contribution in [-0.4, -0.2) is 86.2 Å². The predicted octanol–water partition coefficient (Wildman–Crippen LogP) is -2.53. The SMILES string of the molecule is C[C@@H](N)C(=O)N[C@H](CCC(=O)O)C(=O)N[C@H](CCC(=O)O)C(=O)N[C@H](CCC(=O)O)C(=O)O. The lowest BCUT2D eigenvalue weighted by Gasteiger charge is -2.24. The molecular weight excluding hydrogens is 448 g/mol. The molecule has 15 nitrogen and oxygen atoms in total. The van der Waals surface area contributed by atoms with Gasteiger partial charge in [0.1, 0.15) is 18.1 Å². The summed E-state index contributed by atoms with van der Waals surface area (Å²) < 4.78 is 0. The molecule has 3 amide bonds. The summed E-state index contributed by atoms with van der Waals surface area (Å²) in [6.07, 6.45) is -3.02. The Bertz CT molecular complexity index is 768. The molecule has 0 spiro atoms. The van der Waals surface area contributed by atoms with Crippen LogP contribution in [0.3, 0.4) is 0 Å². The molecule has 0 bridgehead atoms. The highest BCUT2D eigenvalue weighted by Gasteiger charge is 2.30. The quantitative estimate of drug-likeness (QED) is 0.115. The van der Waals surface area contributed by atoms with Gasteiger partial charge in [-0.1, -0.05) is 0 Å². The summed E-state index contributed by atoms with van der Waals surface area (Å²) in [4.78, 5) is 80.8. The van der Waals surface area contributed by atoms with Crippen LogP contribution >= 0.6 is 0 Å². The lowest BCUT2D eigenvalue weighted by atomic mass is 10.1. The molecule has 9 N–H and O–H groups in total. The van der Waals surface area contributed by atoms with Gasteiger partial charge in [-0.25, -0.2) is 4.79 Å². The standard InChI is InChI=1S/C18H28N4O11/c1-8(19)15(29)20-9(2-5-12(23)24)16(30)21-10(3-6-13(25)26)17(31)22-11(18(32)33)4-7-14(27)28/h8-11H,2-7,19H2,1H3,(H,20,29)(H,21,30)(H,22,31)(H,23,24)(H,25,26)(H,27,28)(H,32,33)/t8-,9-,10-,11-/m1/s1. The molecule has 0 heterocycles. The second kappa shape index (κ2) is 14.3. The molecular formula is C18H28N4O11. The van der Waals surface area contributed by atoms with Gasteiger partial charge in [0.25, 0.3) is 0 Å². The molecule has 0 aliphatic rings. The van der Waals surface area contributed by atoms with E-state index in [1.165, 1.54) is 6.92 Å². The zero-order chi connectivity index (χ0) is 25.7. The van der Waals surface area contributed by atoms with Crippen molar-refractivity contribution in [2.24, 2.45) is 5.73 Å². The average molecular weight is 476 g/mol. The van der Waals surface area contributed by atoms with E-state index in [1.807, 2.05) is 5.32 Å². The van der Waals surface area contributed by atoms with Gasteiger partial charge in [0.2, 0.25) is 17.7 Å². The van der Waals surface area contributed by atoms with Gasteiger partial charge in [-0.3, -0.25) is 28.8 Å². The maximum absolute atomic E-state index is 12.6. The molecule has 15 heteroatoms. The van der Waals surface area contributed by atoms with Gasteiger partial charge >= 0.3 is 23.9 Å². The minimum Gasteiger partial charge on any atom is -0.481 e. The molecule has 0 radical (unpaired) electrons. The fourth-order valence-electron chi connectivity index (χ4n) is 2.45. The largest absolute Gasteiger partial charge is 0.481 e. The van der Waals surface area contributed by atoms with Gasteiger partial charge in [-0.05, 0) is 26.2 Å². The molecule has 0 fully saturated rings. The zero-order valence-corrected chi connectivity index (χ0v) is 17.8. The molecule has 0 rings (SSSR count). The lowest BCUT2D eigenvalue weighted by molar-refractivity contribution is -0.144. The fourth-order valence-corrected chi connectivity index (χ4v) is 2.45. The number of nitrogens with two attached hydrogens (primary N) is 1. The Morgan fingerprint density at radius 2 is 0.909 bits per heavy atom. The Kier molecular flexibility index (Phi) is 12.7. The smallest absolute Gasteiger partial charge is 0.326 e. The van der Waals surface area contributed by atoms with Crippen LogP contribution in [0.5, 0.6) is 0 Å². The average Bonchev–Trinajstić information content (AvgIpc) is 2.69. The monoisotopic (exact) mass is 476 g/mol. The van der Waals surface area contributed by atoms with Crippen molar-refractivity contribution in [1.82, 2.24) is 16.0 Å². The number of rotatable bonds is 16. The van der Waals surface area contributed by atoms with Crippen molar-refractivity contribution in [2.75, 3.05) is 0 Å². The molecule has 33 heavy (non-hydrogen) atoms. The van der Waals surface area contributed by atoms with E-state index in [9.17, 15) is 38.7 Å². The van der Waals surface area contributed by atoms with E-state index in [4.69, 9.17) is 21.1 Å². The van der Waals surface area contributed by atoms with Crippen LogP contribution in [0.4, 0.5) is 0 Å². The van der Waals surface area contributed by atoms with E-state index in [2.05, 4.69) is 10.6 Å². The summed E-state index contributed by atoms with van der Waals surface area (Å²) in [6, 6.07) is -5.66. The van der Waals surface area contributed by atoms with Crippen LogP contribution in [0.2, 0.25) is 0 Å². The van der Waals surface area contributed by atoms with E-state index in [-0.39, 0.29) is 6.42 Å². The van der Waals surface area contributed by atoms with Crippen LogP contribution < -0.4 is 21.7 Å². The maximum atomic E-state index is 12.6. The van der Waals surface area contributed by atoms with Gasteiger partial charge < -0.3 is 42.1 Å². The number of hydrogen-bond donors (Lipinski definition) is 8. The van der Waals surface area contributed by atoms with Gasteiger partial charge in [0.05, 0.1) is 6.04 Å². The van der Waals surface area contributed by atoms with E-state index in [1.54, 1.807) is 0 Å². The minimum atomic E-state index is -1.63. The second-order valence-electron chi connectivity index (χ2n) is 7.11. The summed E-state index contributed by atoms with van der Waals surface area (Å²) >= 11 is 0. The maximum Gasteiger partial charge on any atom is 0.326 e. The Morgan fingerprint density at radius 1 is 0.606 bits per heavy atom. The van der Waals surface area contributed by atoms with Crippen LogP contribution in [-0.2, 0) is 33.6 Å². The van der Waals surface area contributed by atoms with Crippen molar-refractivity contribution in [3.63, 3.8) is 0 Å². The van der Waals surface area contributed by atoms with Crippen LogP contribution in [0.25, 0.3) is 0 Å². The molecule has 186 valence electrons. The topological polar surface area (TPSA) is 263 Å². The summed E-state index contributed by atoms with van der Waals surface area (Å²) in [5.41, 5.74) is 5.42. The Labute approximate surface area is 187 Å². The van der Waals surface area contributed by atoms with E-state index in [0.717, 1.165) is 0 Å². The number of carbonyl (C=O) groups excluding carboxylic acids is 3. The van der Waals surface area contributed by atoms with Crippen LogP contribution in [0, 0.1) is 0 Å². The highest BCUT2D eigenvalue weighted by atomic mass is 16.4. The summed E-state index contributed by atoms with van der Waals surface area (Å²) in [5.74, 6) is -8.35. The van der Waals surface area contributed by atoms with Gasteiger partial charge in [-0.2, -0.15) is 0 Å². The number of nitrogens with one attached hydrogen (secondary N) is 3. The lowest BCUT2D eigenvalue weighted by Crippen LogP contribution is -2.57. The second-order valence-corrected chi connectivity index (χ2v) is 7.11. The molecule has 0 aromatic carbocycles. The van der Waals surface area contributed by atoms with E-state index < -0.39 is 97.9 Å². The number of carboxylic acid groups (broad SMARTS) is 4. The molecule has 0 unspecified atom stereocenters. The fraction of sp³-hybridized carbons (Fsp3) is 0.611. The Balaban J connectivity index is 5.54. The molecule has 0 aliphatic carbocycles. The van der Waals surface area contributed by atoms with E-state index >= 15 is 0 Å². The Hall–Kier alpha value is -3.75. The van der Waals surface area contributed by atoms with Gasteiger partial charge in [-0.15, -0.1) is 0 Å². The molecule has 0 aromatic heterocycles. The van der Waals surface area contributed by atoms with Crippen molar-refractivity contribution in [3.05, 3.63) is 0 Å². The number of carboxylic acids is 4. The molecule has 0 saturated carbocycles. The number of amides is 3. The first kappa shape index (κ1) is 29.2. The zero-order valence-electron chi connectivity index (χ0n) is 17.8. The van der Waals surface area contributed by atoms with Crippen molar-refractivity contribution in [3.8, 4) is 0 Å². The van der Waals surface area contributed by atoms with Crippen molar-refractivity contribution < 1.29 is 54.0 Å². The van der Waals surface area contributed by atoms with E-state index in [0.29, 0.717) is 0 Å². The highest BCUT2D eigenvalue weighted by molar-refractivity contribution is 5.94. The van der Waals surface area contributed by atoms with Gasteiger partial charge in [0.15, 0.2) is 0 Å². The van der Waals surface area contributed by atoms with Gasteiger partial charge in [0, 0.05) is 19.3 Å². The minimum absolute atomic E-state index is 0.372. The van der Waals surface area contributed by atoms with Crippen molar-refractivity contribution in [1.29, 1.82) is 0 Å². The normalized spacial score (nSPS) is 14.1. The predicted molar refractivity (Wildman–Crippen MR) is 108 cm³/mol. The summed E-state index contributed by atoms with van der Waals surface area (Å²) in [7, 11) is 0. The molecule has 4 atom stereocenters.